The summed E-state index contributed by atoms with van der Waals surface area (Å²) in [6, 6.07) is 14.2. The molecule has 0 amide bonds. The Balaban J connectivity index is 1.69. The minimum Gasteiger partial charge on any atom is -0.320 e. The Morgan fingerprint density at radius 1 is 1.07 bits per heavy atom. The van der Waals surface area contributed by atoms with Gasteiger partial charge < -0.3 is 4.57 Å². The lowest BCUT2D eigenvalue weighted by molar-refractivity contribution is 0.139. The lowest BCUT2D eigenvalue weighted by atomic mass is 9.89. The van der Waals surface area contributed by atoms with Gasteiger partial charge in [-0.3, -0.25) is 4.90 Å². The maximum atomic E-state index is 13.3. The van der Waals surface area contributed by atoms with Gasteiger partial charge in [0.15, 0.2) is 0 Å². The minimum atomic E-state index is -0.187. The third-order valence-corrected chi connectivity index (χ3v) is 6.51. The molecule has 2 aliphatic rings. The normalized spacial score (nSPS) is 20.2. The summed E-state index contributed by atoms with van der Waals surface area (Å²) < 4.78 is 15.7. The average molecular weight is 375 g/mol. The predicted molar refractivity (Wildman–Crippen MR) is 115 cm³/mol. The Bertz CT molecular complexity index is 1060. The van der Waals surface area contributed by atoms with E-state index in [-0.39, 0.29) is 5.82 Å². The number of hydrogen-bond acceptors (Lipinski definition) is 1. The summed E-state index contributed by atoms with van der Waals surface area (Å²) in [5, 5.41) is 1.41. The average Bonchev–Trinajstić information content (AvgIpc) is 3.01. The Morgan fingerprint density at radius 3 is 2.71 bits per heavy atom. The van der Waals surface area contributed by atoms with Crippen LogP contribution in [0.1, 0.15) is 54.6 Å². The third kappa shape index (κ3) is 2.89. The molecule has 1 atom stereocenters. The topological polar surface area (TPSA) is 8.17 Å². The van der Waals surface area contributed by atoms with Crippen LogP contribution in [0.15, 0.2) is 42.5 Å². The van der Waals surface area contributed by atoms with Gasteiger partial charge in [0.25, 0.3) is 0 Å². The third-order valence-electron chi connectivity index (χ3n) is 6.51. The first-order chi connectivity index (χ1) is 13.6. The number of halogens is 1. The van der Waals surface area contributed by atoms with Gasteiger partial charge in [-0.25, -0.2) is 4.39 Å². The standard InChI is InChI=1S/C25H27FN2/c1-17-6-11-22-21(15-17)25-23-5-3-4-13-27(23)14-12-24(25)28(22)16-18(2)19-7-9-20(26)10-8-19/h6-11,15-16,23H,3-5,12-14H2,1-2H3/b18-16-. The maximum Gasteiger partial charge on any atom is 0.123 e. The molecule has 0 aliphatic carbocycles. The van der Waals surface area contributed by atoms with Crippen molar-refractivity contribution in [3.63, 3.8) is 0 Å². The molecule has 1 aromatic heterocycles. The lowest BCUT2D eigenvalue weighted by Gasteiger charge is -2.39. The molecule has 0 saturated carbocycles. The summed E-state index contributed by atoms with van der Waals surface area (Å²) in [6.45, 7) is 6.68. The Hall–Kier alpha value is -2.39. The van der Waals surface area contributed by atoms with Gasteiger partial charge in [-0.05, 0) is 74.2 Å². The molecule has 3 heteroatoms. The fraction of sp³-hybridized carbons (Fsp3) is 0.360. The van der Waals surface area contributed by atoms with Crippen molar-refractivity contribution in [1.29, 1.82) is 0 Å². The molecule has 1 fully saturated rings. The number of piperidine rings is 1. The molecule has 1 unspecified atom stereocenters. The van der Waals surface area contributed by atoms with Crippen LogP contribution in [0.5, 0.6) is 0 Å². The molecule has 2 nitrogen and oxygen atoms in total. The lowest BCUT2D eigenvalue weighted by Crippen LogP contribution is -2.38. The van der Waals surface area contributed by atoms with Crippen LogP contribution in [-0.4, -0.2) is 22.6 Å². The fourth-order valence-corrected chi connectivity index (χ4v) is 5.10. The second kappa shape index (κ2) is 6.89. The summed E-state index contributed by atoms with van der Waals surface area (Å²) in [4.78, 5) is 2.69. The van der Waals surface area contributed by atoms with Crippen molar-refractivity contribution in [3.8, 4) is 0 Å². The van der Waals surface area contributed by atoms with Crippen molar-refractivity contribution < 1.29 is 4.39 Å². The summed E-state index contributed by atoms with van der Waals surface area (Å²) in [7, 11) is 0. The molecule has 2 aliphatic heterocycles. The van der Waals surface area contributed by atoms with Crippen LogP contribution < -0.4 is 0 Å². The Kier molecular flexibility index (Phi) is 4.36. The number of fused-ring (bicyclic) bond motifs is 5. The van der Waals surface area contributed by atoms with Gasteiger partial charge in [0.05, 0.1) is 5.52 Å². The van der Waals surface area contributed by atoms with E-state index in [4.69, 9.17) is 0 Å². The van der Waals surface area contributed by atoms with Crippen LogP contribution in [0.4, 0.5) is 4.39 Å². The monoisotopic (exact) mass is 374 g/mol. The minimum absolute atomic E-state index is 0.187. The molecule has 2 aromatic carbocycles. The molecule has 3 heterocycles. The molecule has 0 radical (unpaired) electrons. The SMILES string of the molecule is C/C(=C/n1c2c(c3cc(C)ccc31)C1CCCCN1CC2)c1ccc(F)cc1. The number of hydrogen-bond donors (Lipinski definition) is 0. The molecule has 0 spiro atoms. The molecule has 3 aromatic rings. The van der Waals surface area contributed by atoms with Gasteiger partial charge in [0, 0.05) is 36.3 Å². The fourth-order valence-electron chi connectivity index (χ4n) is 5.10. The maximum absolute atomic E-state index is 13.3. The summed E-state index contributed by atoms with van der Waals surface area (Å²) in [5.41, 5.74) is 7.85. The molecule has 28 heavy (non-hydrogen) atoms. The molecular formula is C25H27FN2. The van der Waals surface area contributed by atoms with Crippen molar-refractivity contribution in [2.45, 2.75) is 45.6 Å². The Morgan fingerprint density at radius 2 is 1.89 bits per heavy atom. The van der Waals surface area contributed by atoms with Crippen LogP contribution >= 0.6 is 0 Å². The molecule has 0 N–H and O–H groups in total. The Labute approximate surface area is 166 Å². The molecule has 0 bridgehead atoms. The largest absolute Gasteiger partial charge is 0.320 e. The van der Waals surface area contributed by atoms with Gasteiger partial charge in [-0.1, -0.05) is 30.2 Å². The van der Waals surface area contributed by atoms with Crippen molar-refractivity contribution in [1.82, 2.24) is 9.47 Å². The van der Waals surface area contributed by atoms with Crippen molar-refractivity contribution in [2.75, 3.05) is 13.1 Å². The van der Waals surface area contributed by atoms with Crippen LogP contribution in [0.3, 0.4) is 0 Å². The number of aromatic nitrogens is 1. The van der Waals surface area contributed by atoms with E-state index in [1.54, 1.807) is 17.7 Å². The van der Waals surface area contributed by atoms with Gasteiger partial charge in [-0.15, -0.1) is 0 Å². The number of benzene rings is 2. The number of aryl methyl sites for hydroxylation is 1. The van der Waals surface area contributed by atoms with Gasteiger partial charge in [0.2, 0.25) is 0 Å². The van der Waals surface area contributed by atoms with E-state index in [0.717, 1.165) is 24.1 Å². The van der Waals surface area contributed by atoms with Gasteiger partial charge >= 0.3 is 0 Å². The van der Waals surface area contributed by atoms with Crippen LogP contribution in [0.2, 0.25) is 0 Å². The number of allylic oxidation sites excluding steroid dienone is 1. The van der Waals surface area contributed by atoms with Crippen molar-refractivity contribution >= 4 is 22.7 Å². The quantitative estimate of drug-likeness (QED) is 0.519. The molecule has 5 rings (SSSR count). The zero-order chi connectivity index (χ0) is 19.3. The molecule has 1 saturated heterocycles. The highest BCUT2D eigenvalue weighted by Gasteiger charge is 2.33. The smallest absolute Gasteiger partial charge is 0.123 e. The van der Waals surface area contributed by atoms with Crippen molar-refractivity contribution in [3.05, 3.63) is 70.7 Å². The van der Waals surface area contributed by atoms with Crippen LogP contribution in [-0.2, 0) is 6.42 Å². The second-order valence-electron chi connectivity index (χ2n) is 8.37. The summed E-state index contributed by atoms with van der Waals surface area (Å²) in [6.07, 6.45) is 7.26. The highest BCUT2D eigenvalue weighted by molar-refractivity contribution is 5.91. The summed E-state index contributed by atoms with van der Waals surface area (Å²) >= 11 is 0. The first-order valence-corrected chi connectivity index (χ1v) is 10.4. The van der Waals surface area contributed by atoms with Crippen LogP contribution in [0.25, 0.3) is 22.7 Å². The first kappa shape index (κ1) is 17.7. The second-order valence-corrected chi connectivity index (χ2v) is 8.37. The number of rotatable bonds is 2. The number of nitrogens with zero attached hydrogens (tertiary/aromatic N) is 2. The molecule has 144 valence electrons. The van der Waals surface area contributed by atoms with E-state index < -0.39 is 0 Å². The molecular weight excluding hydrogens is 347 g/mol. The highest BCUT2D eigenvalue weighted by atomic mass is 19.1. The van der Waals surface area contributed by atoms with Gasteiger partial charge in [-0.2, -0.15) is 0 Å². The predicted octanol–water partition coefficient (Wildman–Crippen LogP) is 6.19. The van der Waals surface area contributed by atoms with E-state index in [0.29, 0.717) is 6.04 Å². The van der Waals surface area contributed by atoms with Crippen LogP contribution in [0, 0.1) is 12.7 Å². The van der Waals surface area contributed by atoms with Gasteiger partial charge in [0.1, 0.15) is 5.82 Å². The van der Waals surface area contributed by atoms with E-state index in [2.05, 4.69) is 47.7 Å². The van der Waals surface area contributed by atoms with E-state index >= 15 is 0 Å². The van der Waals surface area contributed by atoms with E-state index in [1.165, 1.54) is 48.0 Å². The van der Waals surface area contributed by atoms with E-state index in [9.17, 15) is 4.39 Å². The highest BCUT2D eigenvalue weighted by Crippen LogP contribution is 2.42. The zero-order valence-corrected chi connectivity index (χ0v) is 16.7. The van der Waals surface area contributed by atoms with Crippen molar-refractivity contribution in [2.24, 2.45) is 0 Å². The summed E-state index contributed by atoms with van der Waals surface area (Å²) in [5.74, 6) is -0.187. The first-order valence-electron chi connectivity index (χ1n) is 10.4. The zero-order valence-electron chi connectivity index (χ0n) is 16.7. The van der Waals surface area contributed by atoms with E-state index in [1.807, 2.05) is 12.1 Å².